The molecule has 0 spiro atoms. The number of carbonyl (C=O) groups is 1. The number of oxazole rings is 1. The molecule has 5 nitrogen and oxygen atoms in total. The summed E-state index contributed by atoms with van der Waals surface area (Å²) in [4.78, 5) is 16.1. The zero-order valence-electron chi connectivity index (χ0n) is 13.3. The quantitative estimate of drug-likeness (QED) is 0.798. The lowest BCUT2D eigenvalue weighted by Gasteiger charge is -2.08. The van der Waals surface area contributed by atoms with E-state index in [1.807, 2.05) is 50.2 Å². The SMILES string of the molecule is COCC(=O)Nc1ccc(-c2nc3cc(C)ccc3o2)cc1C. The number of ether oxygens (including phenoxy) is 1. The number of hydrogen-bond donors (Lipinski definition) is 1. The third kappa shape index (κ3) is 3.24. The largest absolute Gasteiger partial charge is 0.436 e. The number of hydrogen-bond acceptors (Lipinski definition) is 4. The number of methoxy groups -OCH3 is 1. The van der Waals surface area contributed by atoms with Crippen LogP contribution in [0.15, 0.2) is 40.8 Å². The molecule has 3 rings (SSSR count). The topological polar surface area (TPSA) is 64.4 Å². The van der Waals surface area contributed by atoms with Crippen LogP contribution in [0.3, 0.4) is 0 Å². The molecule has 0 aliphatic heterocycles. The summed E-state index contributed by atoms with van der Waals surface area (Å²) >= 11 is 0. The number of aryl methyl sites for hydroxylation is 2. The van der Waals surface area contributed by atoms with Crippen LogP contribution in [0, 0.1) is 13.8 Å². The summed E-state index contributed by atoms with van der Waals surface area (Å²) in [5.41, 5.74) is 5.31. The van der Waals surface area contributed by atoms with Gasteiger partial charge in [0.1, 0.15) is 12.1 Å². The van der Waals surface area contributed by atoms with Crippen molar-refractivity contribution in [2.75, 3.05) is 19.0 Å². The van der Waals surface area contributed by atoms with Crippen molar-refractivity contribution in [2.24, 2.45) is 0 Å². The number of anilines is 1. The zero-order valence-corrected chi connectivity index (χ0v) is 13.3. The molecule has 5 heteroatoms. The van der Waals surface area contributed by atoms with Crippen molar-refractivity contribution in [3.8, 4) is 11.5 Å². The van der Waals surface area contributed by atoms with Gasteiger partial charge >= 0.3 is 0 Å². The minimum atomic E-state index is -0.180. The van der Waals surface area contributed by atoms with Crippen molar-refractivity contribution in [3.05, 3.63) is 47.5 Å². The van der Waals surface area contributed by atoms with E-state index in [9.17, 15) is 4.79 Å². The van der Waals surface area contributed by atoms with Gasteiger partial charge in [-0.15, -0.1) is 0 Å². The maximum Gasteiger partial charge on any atom is 0.250 e. The average molecular weight is 310 g/mol. The Morgan fingerprint density at radius 3 is 2.78 bits per heavy atom. The van der Waals surface area contributed by atoms with Gasteiger partial charge in [-0.1, -0.05) is 6.07 Å². The smallest absolute Gasteiger partial charge is 0.250 e. The molecule has 0 radical (unpaired) electrons. The van der Waals surface area contributed by atoms with E-state index in [4.69, 9.17) is 9.15 Å². The maximum atomic E-state index is 11.6. The molecule has 0 saturated carbocycles. The monoisotopic (exact) mass is 310 g/mol. The summed E-state index contributed by atoms with van der Waals surface area (Å²) in [5.74, 6) is 0.393. The molecule has 3 aromatic rings. The summed E-state index contributed by atoms with van der Waals surface area (Å²) in [7, 11) is 1.49. The van der Waals surface area contributed by atoms with Crippen molar-refractivity contribution in [1.29, 1.82) is 0 Å². The zero-order chi connectivity index (χ0) is 16.4. The Kier molecular flexibility index (Phi) is 4.12. The van der Waals surface area contributed by atoms with E-state index in [1.165, 1.54) is 7.11 Å². The first-order valence-corrected chi connectivity index (χ1v) is 7.34. The van der Waals surface area contributed by atoms with Gasteiger partial charge in [-0.05, 0) is 55.3 Å². The van der Waals surface area contributed by atoms with E-state index < -0.39 is 0 Å². The number of nitrogens with zero attached hydrogens (tertiary/aromatic N) is 1. The molecule has 23 heavy (non-hydrogen) atoms. The summed E-state index contributed by atoms with van der Waals surface area (Å²) in [6.45, 7) is 3.99. The molecule has 0 saturated heterocycles. The van der Waals surface area contributed by atoms with Crippen LogP contribution in [-0.4, -0.2) is 24.6 Å². The first-order chi connectivity index (χ1) is 11.1. The van der Waals surface area contributed by atoms with E-state index in [-0.39, 0.29) is 12.5 Å². The summed E-state index contributed by atoms with van der Waals surface area (Å²) < 4.78 is 10.6. The fourth-order valence-electron chi connectivity index (χ4n) is 2.42. The lowest BCUT2D eigenvalue weighted by atomic mass is 10.1. The Bertz CT molecular complexity index is 868. The fourth-order valence-corrected chi connectivity index (χ4v) is 2.42. The van der Waals surface area contributed by atoms with Gasteiger partial charge in [0.05, 0.1) is 0 Å². The number of rotatable bonds is 4. The van der Waals surface area contributed by atoms with Crippen LogP contribution in [0.2, 0.25) is 0 Å². The predicted octanol–water partition coefficient (Wildman–Crippen LogP) is 3.70. The van der Waals surface area contributed by atoms with Crippen molar-refractivity contribution < 1.29 is 13.9 Å². The minimum Gasteiger partial charge on any atom is -0.436 e. The normalized spacial score (nSPS) is 10.9. The van der Waals surface area contributed by atoms with Crippen molar-refractivity contribution >= 4 is 22.7 Å². The third-order valence-electron chi connectivity index (χ3n) is 3.57. The maximum absolute atomic E-state index is 11.6. The second kappa shape index (κ2) is 6.22. The van der Waals surface area contributed by atoms with Crippen LogP contribution in [0.25, 0.3) is 22.6 Å². The van der Waals surface area contributed by atoms with Crippen LogP contribution >= 0.6 is 0 Å². The first kappa shape index (κ1) is 15.2. The Labute approximate surface area is 134 Å². The Balaban J connectivity index is 1.90. The molecule has 0 unspecified atom stereocenters. The summed E-state index contributed by atoms with van der Waals surface area (Å²) in [6, 6.07) is 11.6. The molecule has 0 aliphatic carbocycles. The van der Waals surface area contributed by atoms with E-state index in [0.717, 1.165) is 33.5 Å². The van der Waals surface area contributed by atoms with Gasteiger partial charge in [0.2, 0.25) is 11.8 Å². The molecular weight excluding hydrogens is 292 g/mol. The molecule has 1 amide bonds. The number of benzene rings is 2. The fraction of sp³-hybridized carbons (Fsp3) is 0.222. The summed E-state index contributed by atoms with van der Waals surface area (Å²) in [5, 5.41) is 2.81. The molecule has 1 aromatic heterocycles. The molecule has 0 bridgehead atoms. The number of aromatic nitrogens is 1. The van der Waals surface area contributed by atoms with Crippen molar-refractivity contribution in [2.45, 2.75) is 13.8 Å². The highest BCUT2D eigenvalue weighted by Gasteiger charge is 2.11. The highest BCUT2D eigenvalue weighted by Crippen LogP contribution is 2.27. The number of amides is 1. The first-order valence-electron chi connectivity index (χ1n) is 7.34. The number of carbonyl (C=O) groups excluding carboxylic acids is 1. The van der Waals surface area contributed by atoms with Crippen LogP contribution in [-0.2, 0) is 9.53 Å². The second-order valence-corrected chi connectivity index (χ2v) is 5.50. The highest BCUT2D eigenvalue weighted by molar-refractivity contribution is 5.92. The van der Waals surface area contributed by atoms with Crippen LogP contribution < -0.4 is 5.32 Å². The predicted molar refractivity (Wildman–Crippen MR) is 89.4 cm³/mol. The minimum absolute atomic E-state index is 0.0334. The van der Waals surface area contributed by atoms with Gasteiger partial charge in [-0.3, -0.25) is 4.79 Å². The Hall–Kier alpha value is -2.66. The second-order valence-electron chi connectivity index (χ2n) is 5.50. The molecule has 0 fully saturated rings. The van der Waals surface area contributed by atoms with E-state index in [2.05, 4.69) is 10.3 Å². The lowest BCUT2D eigenvalue weighted by Crippen LogP contribution is -2.17. The highest BCUT2D eigenvalue weighted by atomic mass is 16.5. The van der Waals surface area contributed by atoms with Gasteiger partial charge in [-0.25, -0.2) is 4.98 Å². The van der Waals surface area contributed by atoms with E-state index in [1.54, 1.807) is 0 Å². The van der Waals surface area contributed by atoms with Crippen molar-refractivity contribution in [1.82, 2.24) is 4.98 Å². The molecule has 118 valence electrons. The number of fused-ring (bicyclic) bond motifs is 1. The number of nitrogens with one attached hydrogen (secondary N) is 1. The van der Waals surface area contributed by atoms with E-state index in [0.29, 0.717) is 5.89 Å². The lowest BCUT2D eigenvalue weighted by molar-refractivity contribution is -0.119. The molecule has 0 aliphatic rings. The Morgan fingerprint density at radius 1 is 1.22 bits per heavy atom. The van der Waals surface area contributed by atoms with Gasteiger partial charge in [-0.2, -0.15) is 0 Å². The molecule has 2 aromatic carbocycles. The van der Waals surface area contributed by atoms with Gasteiger partial charge < -0.3 is 14.5 Å². The standard InChI is InChI=1S/C18H18N2O3/c1-11-4-7-16-15(8-11)20-18(23-16)13-5-6-14(12(2)9-13)19-17(21)10-22-3/h4-9H,10H2,1-3H3,(H,19,21). The Morgan fingerprint density at radius 2 is 2.04 bits per heavy atom. The summed E-state index contributed by atoms with van der Waals surface area (Å²) in [6.07, 6.45) is 0. The molecular formula is C18H18N2O3. The van der Waals surface area contributed by atoms with Gasteiger partial charge in [0, 0.05) is 18.4 Å². The molecule has 0 atom stereocenters. The van der Waals surface area contributed by atoms with Crippen molar-refractivity contribution in [3.63, 3.8) is 0 Å². The molecule has 1 heterocycles. The van der Waals surface area contributed by atoms with E-state index >= 15 is 0 Å². The van der Waals surface area contributed by atoms with Crippen LogP contribution in [0.4, 0.5) is 5.69 Å². The van der Waals surface area contributed by atoms with Gasteiger partial charge in [0.15, 0.2) is 5.58 Å². The average Bonchev–Trinajstić information content (AvgIpc) is 2.92. The molecule has 1 N–H and O–H groups in total. The van der Waals surface area contributed by atoms with Gasteiger partial charge in [0.25, 0.3) is 0 Å². The van der Waals surface area contributed by atoms with Crippen LogP contribution in [0.5, 0.6) is 0 Å². The third-order valence-corrected chi connectivity index (χ3v) is 3.57. The van der Waals surface area contributed by atoms with Crippen LogP contribution in [0.1, 0.15) is 11.1 Å².